The molecule has 0 radical (unpaired) electrons. The summed E-state index contributed by atoms with van der Waals surface area (Å²) in [6, 6.07) is 9.54. The van der Waals surface area contributed by atoms with Gasteiger partial charge in [-0.15, -0.1) is 0 Å². The maximum Gasteiger partial charge on any atom is 0.248 e. The number of nitrogens with one attached hydrogen (secondary N) is 1. The van der Waals surface area contributed by atoms with Gasteiger partial charge in [0.25, 0.3) is 0 Å². The minimum atomic E-state index is -2.61. The summed E-state index contributed by atoms with van der Waals surface area (Å²) in [5.74, 6) is -2.55. The van der Waals surface area contributed by atoms with E-state index in [1.165, 1.54) is 0 Å². The molecule has 4 nitrogen and oxygen atoms in total. The summed E-state index contributed by atoms with van der Waals surface area (Å²) in [5, 5.41) is 13.2. The lowest BCUT2D eigenvalue weighted by atomic mass is 9.64. The van der Waals surface area contributed by atoms with Crippen LogP contribution in [0.1, 0.15) is 51.4 Å². The van der Waals surface area contributed by atoms with Crippen LogP contribution in [-0.2, 0) is 4.79 Å². The molecule has 1 aromatic rings. The fraction of sp³-hybridized carbons (Fsp3) is 0.652. The molecule has 1 aliphatic heterocycles. The third kappa shape index (κ3) is 4.63. The van der Waals surface area contributed by atoms with Gasteiger partial charge in [-0.05, 0) is 62.1 Å². The Bertz CT molecular complexity index is 827. The van der Waals surface area contributed by atoms with Gasteiger partial charge in [0, 0.05) is 49.1 Å². The average Bonchev–Trinajstić information content (AvgIpc) is 2.69. The lowest BCUT2D eigenvalue weighted by Crippen LogP contribution is -2.60. The van der Waals surface area contributed by atoms with E-state index in [1.54, 1.807) is 12.1 Å². The summed E-state index contributed by atoms with van der Waals surface area (Å²) in [5.41, 5.74) is 0.321. The lowest BCUT2D eigenvalue weighted by Gasteiger charge is -2.55. The molecule has 2 aliphatic carbocycles. The third-order valence-electron chi connectivity index (χ3n) is 7.33. The van der Waals surface area contributed by atoms with Gasteiger partial charge in [0.2, 0.25) is 11.8 Å². The SMILES string of the molecule is N#CC1(CN2CC3(CCC(C(=O)Nc4cccc(Cl)c4)CC3)C2)CCC(F)(F)CC1. The maximum absolute atomic E-state index is 13.5. The number of amides is 1. The van der Waals surface area contributed by atoms with Crippen LogP contribution in [0.2, 0.25) is 5.02 Å². The summed E-state index contributed by atoms with van der Waals surface area (Å²) in [6.07, 6.45) is 3.92. The number of rotatable bonds is 4. The van der Waals surface area contributed by atoms with Crippen LogP contribution in [0, 0.1) is 28.1 Å². The van der Waals surface area contributed by atoms with E-state index in [4.69, 9.17) is 11.6 Å². The Morgan fingerprint density at radius 1 is 1.17 bits per heavy atom. The molecule has 1 aromatic carbocycles. The quantitative estimate of drug-likeness (QED) is 0.680. The van der Waals surface area contributed by atoms with Crippen molar-refractivity contribution in [3.05, 3.63) is 29.3 Å². The van der Waals surface area contributed by atoms with E-state index in [2.05, 4.69) is 16.3 Å². The molecule has 1 N–H and O–H groups in total. The molecule has 0 atom stereocenters. The molecule has 0 bridgehead atoms. The highest BCUT2D eigenvalue weighted by Crippen LogP contribution is 2.49. The highest BCUT2D eigenvalue weighted by Gasteiger charge is 2.50. The highest BCUT2D eigenvalue weighted by atomic mass is 35.5. The Morgan fingerprint density at radius 3 is 2.43 bits per heavy atom. The number of carbonyl (C=O) groups excluding carboxylic acids is 1. The fourth-order valence-corrected chi connectivity index (χ4v) is 5.65. The van der Waals surface area contributed by atoms with E-state index >= 15 is 0 Å². The van der Waals surface area contributed by atoms with E-state index in [0.717, 1.165) is 44.5 Å². The second-order valence-electron chi connectivity index (χ2n) is 9.67. The number of benzene rings is 1. The Hall–Kier alpha value is -1.71. The minimum Gasteiger partial charge on any atom is -0.326 e. The molecule has 1 amide bonds. The number of nitriles is 1. The largest absolute Gasteiger partial charge is 0.326 e. The summed E-state index contributed by atoms with van der Waals surface area (Å²) in [7, 11) is 0. The molecular formula is C23H28ClF2N3O. The molecule has 0 aromatic heterocycles. The number of halogens is 3. The standard InChI is InChI=1S/C23H28ClF2N3O/c24-18-2-1-3-19(12-18)28-20(30)17-4-6-22(7-5-17)15-29(16-22)14-21(13-27)8-10-23(25,26)11-9-21/h1-3,12,17H,4-11,14-16H2,(H,28,30). The molecule has 0 unspecified atom stereocenters. The van der Waals surface area contributed by atoms with Gasteiger partial charge in [-0.3, -0.25) is 4.79 Å². The van der Waals surface area contributed by atoms with Crippen LogP contribution >= 0.6 is 11.6 Å². The second-order valence-corrected chi connectivity index (χ2v) is 10.1. The van der Waals surface area contributed by atoms with Crippen LogP contribution in [0.15, 0.2) is 24.3 Å². The molecular weight excluding hydrogens is 408 g/mol. The fourth-order valence-electron chi connectivity index (χ4n) is 5.46. The van der Waals surface area contributed by atoms with Gasteiger partial charge in [-0.25, -0.2) is 8.78 Å². The second kappa shape index (κ2) is 8.09. The number of anilines is 1. The Balaban J connectivity index is 1.24. The first-order chi connectivity index (χ1) is 14.2. The highest BCUT2D eigenvalue weighted by molar-refractivity contribution is 6.30. The molecule has 7 heteroatoms. The zero-order valence-corrected chi connectivity index (χ0v) is 17.9. The number of likely N-dealkylation sites (tertiary alicyclic amines) is 1. The zero-order valence-electron chi connectivity index (χ0n) is 17.1. The van der Waals surface area contributed by atoms with Crippen molar-refractivity contribution < 1.29 is 13.6 Å². The van der Waals surface area contributed by atoms with Crippen LogP contribution in [0.25, 0.3) is 0 Å². The van der Waals surface area contributed by atoms with Crippen LogP contribution in [0.4, 0.5) is 14.5 Å². The minimum absolute atomic E-state index is 0.00897. The molecule has 30 heavy (non-hydrogen) atoms. The van der Waals surface area contributed by atoms with E-state index < -0.39 is 11.3 Å². The summed E-state index contributed by atoms with van der Waals surface area (Å²) in [6.45, 7) is 2.42. The van der Waals surface area contributed by atoms with Gasteiger partial charge < -0.3 is 10.2 Å². The van der Waals surface area contributed by atoms with Crippen LogP contribution in [0.5, 0.6) is 0 Å². The van der Waals surface area contributed by atoms with Crippen molar-refractivity contribution in [2.24, 2.45) is 16.7 Å². The van der Waals surface area contributed by atoms with E-state index in [0.29, 0.717) is 11.6 Å². The summed E-state index contributed by atoms with van der Waals surface area (Å²) in [4.78, 5) is 14.9. The predicted octanol–water partition coefficient (Wildman–Crippen LogP) is 5.49. The van der Waals surface area contributed by atoms with Crippen molar-refractivity contribution >= 4 is 23.2 Å². The van der Waals surface area contributed by atoms with Gasteiger partial charge >= 0.3 is 0 Å². The topological polar surface area (TPSA) is 56.1 Å². The smallest absolute Gasteiger partial charge is 0.248 e. The average molecular weight is 436 g/mol. The molecule has 3 fully saturated rings. The Morgan fingerprint density at radius 2 is 1.83 bits per heavy atom. The van der Waals surface area contributed by atoms with Crippen molar-refractivity contribution in [2.45, 2.75) is 57.3 Å². The van der Waals surface area contributed by atoms with Gasteiger partial charge in [0.05, 0.1) is 11.5 Å². The maximum atomic E-state index is 13.5. The number of alkyl halides is 2. The molecule has 1 heterocycles. The molecule has 162 valence electrons. The van der Waals surface area contributed by atoms with Crippen molar-refractivity contribution in [2.75, 3.05) is 25.0 Å². The summed E-state index contributed by atoms with van der Waals surface area (Å²) >= 11 is 5.98. The number of hydrogen-bond acceptors (Lipinski definition) is 3. The van der Waals surface area contributed by atoms with Crippen LogP contribution < -0.4 is 5.32 Å². The first-order valence-electron chi connectivity index (χ1n) is 10.8. The first kappa shape index (κ1) is 21.5. The number of nitrogens with zero attached hydrogens (tertiary/aromatic N) is 2. The van der Waals surface area contributed by atoms with Crippen molar-refractivity contribution in [3.8, 4) is 6.07 Å². The molecule has 1 spiro atoms. The van der Waals surface area contributed by atoms with Gasteiger partial charge in [-0.1, -0.05) is 17.7 Å². The molecule has 4 rings (SSSR count). The monoisotopic (exact) mass is 435 g/mol. The Labute approximate surface area is 181 Å². The first-order valence-corrected chi connectivity index (χ1v) is 11.2. The summed E-state index contributed by atoms with van der Waals surface area (Å²) < 4.78 is 27.0. The van der Waals surface area contributed by atoms with Crippen LogP contribution in [-0.4, -0.2) is 36.4 Å². The Kier molecular flexibility index (Phi) is 5.80. The van der Waals surface area contributed by atoms with Crippen molar-refractivity contribution in [1.82, 2.24) is 4.90 Å². The number of carbonyl (C=O) groups is 1. The van der Waals surface area contributed by atoms with Gasteiger partial charge in [-0.2, -0.15) is 5.26 Å². The number of hydrogen-bond donors (Lipinski definition) is 1. The van der Waals surface area contributed by atoms with Crippen LogP contribution in [0.3, 0.4) is 0 Å². The molecule has 2 saturated carbocycles. The lowest BCUT2D eigenvalue weighted by molar-refractivity contribution is -0.124. The van der Waals surface area contributed by atoms with E-state index in [-0.39, 0.29) is 42.9 Å². The van der Waals surface area contributed by atoms with E-state index in [1.807, 2.05) is 12.1 Å². The van der Waals surface area contributed by atoms with Crippen molar-refractivity contribution in [3.63, 3.8) is 0 Å². The normalized spacial score (nSPS) is 25.3. The third-order valence-corrected chi connectivity index (χ3v) is 7.56. The predicted molar refractivity (Wildman–Crippen MR) is 112 cm³/mol. The van der Waals surface area contributed by atoms with E-state index in [9.17, 15) is 18.8 Å². The van der Waals surface area contributed by atoms with Gasteiger partial charge in [0.1, 0.15) is 0 Å². The molecule has 3 aliphatic rings. The molecule has 1 saturated heterocycles. The van der Waals surface area contributed by atoms with Crippen molar-refractivity contribution in [1.29, 1.82) is 5.26 Å². The van der Waals surface area contributed by atoms with Gasteiger partial charge in [0.15, 0.2) is 0 Å². The zero-order chi connectivity index (χ0) is 21.4.